The van der Waals surface area contributed by atoms with Gasteiger partial charge in [-0.2, -0.15) is 0 Å². The van der Waals surface area contributed by atoms with Gasteiger partial charge in [0, 0.05) is 37.2 Å². The molecule has 0 saturated carbocycles. The number of nitrogens with one attached hydrogen (secondary N) is 1. The lowest BCUT2D eigenvalue weighted by Crippen LogP contribution is -2.49. The Balaban J connectivity index is 1.84. The van der Waals surface area contributed by atoms with Gasteiger partial charge in [0.2, 0.25) is 10.0 Å². The van der Waals surface area contributed by atoms with E-state index in [1.165, 1.54) is 4.31 Å². The summed E-state index contributed by atoms with van der Waals surface area (Å²) in [7, 11) is -3.31. The number of anilines is 1. The number of ether oxygens (including phenoxy) is 1. The molecule has 2 aliphatic rings. The maximum atomic E-state index is 13.0. The molecule has 8 heteroatoms. The third kappa shape index (κ3) is 3.71. The predicted molar refractivity (Wildman–Crippen MR) is 106 cm³/mol. The van der Waals surface area contributed by atoms with E-state index in [1.807, 2.05) is 25.1 Å². The van der Waals surface area contributed by atoms with E-state index >= 15 is 0 Å². The largest absolute Gasteiger partial charge is 0.450 e. The number of hydrogen-bond acceptors (Lipinski definition) is 5. The Morgan fingerprint density at radius 1 is 1.25 bits per heavy atom. The van der Waals surface area contributed by atoms with Crippen LogP contribution in [-0.2, 0) is 30.8 Å². The Kier molecular flexibility index (Phi) is 5.63. The Hall–Kier alpha value is -2.19. The summed E-state index contributed by atoms with van der Waals surface area (Å²) in [5.74, 6) is -0.863. The van der Waals surface area contributed by atoms with Gasteiger partial charge in [0.15, 0.2) is 0 Å². The predicted octanol–water partition coefficient (Wildman–Crippen LogP) is 2.25. The maximum absolute atomic E-state index is 13.0. The monoisotopic (exact) mass is 406 g/mol. The van der Waals surface area contributed by atoms with E-state index in [-0.39, 0.29) is 43.2 Å². The normalized spacial score (nSPS) is 19.8. The Bertz CT molecular complexity index is 928. The third-order valence-electron chi connectivity index (χ3n) is 5.53. The van der Waals surface area contributed by atoms with Crippen molar-refractivity contribution in [2.75, 3.05) is 24.2 Å². The average Bonchev–Trinajstić information content (AvgIpc) is 2.91. The van der Waals surface area contributed by atoms with Gasteiger partial charge in [-0.1, -0.05) is 19.1 Å². The second-order valence-electron chi connectivity index (χ2n) is 7.19. The molecular formula is C20H26N2O5S. The molecule has 1 saturated heterocycles. The SMILES string of the molecule is CCc1cccc(NC(=O)C2=C(C)C(=O)OC23CCN(S(=O)(=O)CC)CC3)c1. The molecule has 152 valence electrons. The van der Waals surface area contributed by atoms with Crippen LogP contribution < -0.4 is 5.32 Å². The van der Waals surface area contributed by atoms with Gasteiger partial charge in [0.1, 0.15) is 5.60 Å². The Labute approximate surface area is 165 Å². The van der Waals surface area contributed by atoms with E-state index in [2.05, 4.69) is 5.32 Å². The van der Waals surface area contributed by atoms with Crippen LogP contribution in [0.1, 0.15) is 39.2 Å². The lowest BCUT2D eigenvalue weighted by Gasteiger charge is -2.38. The minimum atomic E-state index is -3.31. The molecular weight excluding hydrogens is 380 g/mol. The first-order valence-corrected chi connectivity index (χ1v) is 11.2. The van der Waals surface area contributed by atoms with Crippen LogP contribution in [0.2, 0.25) is 0 Å². The van der Waals surface area contributed by atoms with Crippen LogP contribution in [0.5, 0.6) is 0 Å². The second kappa shape index (κ2) is 7.67. The standard InChI is InChI=1S/C20H26N2O5S/c1-4-15-7-6-8-16(13-15)21-18(23)17-14(3)19(24)27-20(17)9-11-22(12-10-20)28(25,26)5-2/h6-8,13H,4-5,9-12H2,1-3H3,(H,21,23). The van der Waals surface area contributed by atoms with Crippen molar-refractivity contribution < 1.29 is 22.7 Å². The van der Waals surface area contributed by atoms with Gasteiger partial charge in [-0.25, -0.2) is 17.5 Å². The van der Waals surface area contributed by atoms with Crippen LogP contribution in [0.25, 0.3) is 0 Å². The molecule has 2 aliphatic heterocycles. The molecule has 7 nitrogen and oxygen atoms in total. The molecule has 1 fully saturated rings. The van der Waals surface area contributed by atoms with Crippen LogP contribution in [0.3, 0.4) is 0 Å². The van der Waals surface area contributed by atoms with Gasteiger partial charge in [-0.15, -0.1) is 0 Å². The number of esters is 1. The number of carbonyl (C=O) groups excluding carboxylic acids is 2. The third-order valence-corrected chi connectivity index (χ3v) is 7.41. The first-order chi connectivity index (χ1) is 13.2. The maximum Gasteiger partial charge on any atom is 0.335 e. The summed E-state index contributed by atoms with van der Waals surface area (Å²) >= 11 is 0. The molecule has 28 heavy (non-hydrogen) atoms. The molecule has 0 aliphatic carbocycles. The highest BCUT2D eigenvalue weighted by molar-refractivity contribution is 7.89. The smallest absolute Gasteiger partial charge is 0.335 e. The van der Waals surface area contributed by atoms with Crippen LogP contribution in [-0.4, -0.2) is 49.0 Å². The lowest BCUT2D eigenvalue weighted by molar-refractivity contribution is -0.149. The van der Waals surface area contributed by atoms with Crippen molar-refractivity contribution in [3.05, 3.63) is 41.0 Å². The van der Waals surface area contributed by atoms with E-state index < -0.39 is 21.6 Å². The highest BCUT2D eigenvalue weighted by Crippen LogP contribution is 2.42. The fraction of sp³-hybridized carbons (Fsp3) is 0.500. The highest BCUT2D eigenvalue weighted by atomic mass is 32.2. The Morgan fingerprint density at radius 2 is 1.93 bits per heavy atom. The number of aryl methyl sites for hydroxylation is 1. The summed E-state index contributed by atoms with van der Waals surface area (Å²) in [6.45, 7) is 5.66. The van der Waals surface area contributed by atoms with Crippen LogP contribution in [0.15, 0.2) is 35.4 Å². The zero-order valence-corrected chi connectivity index (χ0v) is 17.3. The second-order valence-corrected chi connectivity index (χ2v) is 9.45. The molecule has 1 spiro atoms. The van der Waals surface area contributed by atoms with Crippen LogP contribution >= 0.6 is 0 Å². The van der Waals surface area contributed by atoms with Crippen molar-refractivity contribution in [2.45, 2.75) is 45.6 Å². The van der Waals surface area contributed by atoms with Crippen LogP contribution in [0, 0.1) is 0 Å². The van der Waals surface area contributed by atoms with Crippen molar-refractivity contribution >= 4 is 27.6 Å². The van der Waals surface area contributed by atoms with Crippen molar-refractivity contribution in [1.29, 1.82) is 0 Å². The molecule has 1 aromatic carbocycles. The summed E-state index contributed by atoms with van der Waals surface area (Å²) in [4.78, 5) is 25.3. The quantitative estimate of drug-likeness (QED) is 0.757. The number of nitrogens with zero attached hydrogens (tertiary/aromatic N) is 1. The van der Waals surface area contributed by atoms with Gasteiger partial charge in [0.25, 0.3) is 5.91 Å². The average molecular weight is 407 g/mol. The van der Waals surface area contributed by atoms with Gasteiger partial charge in [-0.05, 0) is 38.0 Å². The Morgan fingerprint density at radius 3 is 2.54 bits per heavy atom. The zero-order valence-electron chi connectivity index (χ0n) is 16.4. The van der Waals surface area contributed by atoms with Gasteiger partial charge in [-0.3, -0.25) is 4.79 Å². The van der Waals surface area contributed by atoms with E-state index in [0.29, 0.717) is 11.3 Å². The van der Waals surface area contributed by atoms with Crippen molar-refractivity contribution in [1.82, 2.24) is 4.31 Å². The molecule has 0 atom stereocenters. The number of piperidine rings is 1. The fourth-order valence-electron chi connectivity index (χ4n) is 3.85. The fourth-order valence-corrected chi connectivity index (χ4v) is 4.95. The molecule has 1 N–H and O–H groups in total. The van der Waals surface area contributed by atoms with Gasteiger partial charge in [0.05, 0.1) is 11.3 Å². The molecule has 0 aromatic heterocycles. The molecule has 3 rings (SSSR count). The number of benzene rings is 1. The van der Waals surface area contributed by atoms with Crippen LogP contribution in [0.4, 0.5) is 5.69 Å². The van der Waals surface area contributed by atoms with Gasteiger partial charge >= 0.3 is 5.97 Å². The minimum Gasteiger partial charge on any atom is -0.450 e. The van der Waals surface area contributed by atoms with Crippen molar-refractivity contribution in [3.63, 3.8) is 0 Å². The van der Waals surface area contributed by atoms with E-state index in [9.17, 15) is 18.0 Å². The number of hydrogen-bond donors (Lipinski definition) is 1. The highest BCUT2D eigenvalue weighted by Gasteiger charge is 2.51. The summed E-state index contributed by atoms with van der Waals surface area (Å²) in [5.41, 5.74) is 1.29. The van der Waals surface area contributed by atoms with Gasteiger partial charge < -0.3 is 10.1 Å². The zero-order chi connectivity index (χ0) is 20.5. The van der Waals surface area contributed by atoms with Crippen molar-refractivity contribution in [2.24, 2.45) is 0 Å². The molecule has 0 bridgehead atoms. The summed E-state index contributed by atoms with van der Waals surface area (Å²) < 4.78 is 31.3. The topological polar surface area (TPSA) is 92.8 Å². The van der Waals surface area contributed by atoms with E-state index in [4.69, 9.17) is 4.74 Å². The molecule has 1 amide bonds. The molecule has 1 aromatic rings. The molecule has 0 radical (unpaired) electrons. The number of carbonyl (C=O) groups is 2. The first kappa shape index (κ1) is 20.5. The minimum absolute atomic E-state index is 0.0236. The number of rotatable bonds is 5. The number of amides is 1. The van der Waals surface area contributed by atoms with E-state index in [1.54, 1.807) is 19.9 Å². The summed E-state index contributed by atoms with van der Waals surface area (Å²) in [5, 5.41) is 2.87. The lowest BCUT2D eigenvalue weighted by atomic mass is 9.83. The molecule has 2 heterocycles. The summed E-state index contributed by atoms with van der Waals surface area (Å²) in [6.07, 6.45) is 1.39. The van der Waals surface area contributed by atoms with E-state index in [0.717, 1.165) is 12.0 Å². The molecule has 0 unspecified atom stereocenters. The summed E-state index contributed by atoms with van der Waals surface area (Å²) in [6, 6.07) is 7.55. The number of sulfonamides is 1. The first-order valence-electron chi connectivity index (χ1n) is 9.55. The van der Waals surface area contributed by atoms with Crippen molar-refractivity contribution in [3.8, 4) is 0 Å².